The van der Waals surface area contributed by atoms with E-state index in [0.29, 0.717) is 14.8 Å². The van der Waals surface area contributed by atoms with Gasteiger partial charge in [0.15, 0.2) is 0 Å². The number of methoxy groups -OCH3 is 1. The molecule has 1 heterocycles. The van der Waals surface area contributed by atoms with E-state index in [1.807, 2.05) is 65.1 Å². The van der Waals surface area contributed by atoms with E-state index >= 15 is 0 Å². The van der Waals surface area contributed by atoms with Crippen LogP contribution in [0.3, 0.4) is 0 Å². The van der Waals surface area contributed by atoms with Gasteiger partial charge in [-0.25, -0.2) is 4.98 Å². The molecule has 8 heteroatoms. The van der Waals surface area contributed by atoms with Gasteiger partial charge in [0.2, 0.25) is 0 Å². The molecular formula is C21H14IN3O3S. The van der Waals surface area contributed by atoms with Crippen LogP contribution in [0.15, 0.2) is 65.8 Å². The average Bonchev–Trinajstić information content (AvgIpc) is 3.17. The molecule has 0 radical (unpaired) electrons. The number of carbonyl (C=O) groups is 1. The van der Waals surface area contributed by atoms with E-state index in [1.54, 1.807) is 30.6 Å². The van der Waals surface area contributed by atoms with Crippen molar-refractivity contribution in [1.82, 2.24) is 4.98 Å². The number of fused-ring (bicyclic) bond motifs is 1. The van der Waals surface area contributed by atoms with Crippen LogP contribution in [0.4, 0.5) is 11.4 Å². The molecule has 0 spiro atoms. The maximum Gasteiger partial charge on any atom is 0.255 e. The summed E-state index contributed by atoms with van der Waals surface area (Å²) in [5, 5.41) is 6.67. The molecule has 0 saturated heterocycles. The van der Waals surface area contributed by atoms with Gasteiger partial charge in [0, 0.05) is 20.4 Å². The third-order valence-corrected chi connectivity index (χ3v) is 6.27. The molecule has 0 atom stereocenters. The second-order valence-corrected chi connectivity index (χ2v) is 8.33. The number of benzene rings is 3. The van der Waals surface area contributed by atoms with Crippen LogP contribution in [0.5, 0.6) is 5.75 Å². The fourth-order valence-corrected chi connectivity index (χ4v) is 4.21. The van der Waals surface area contributed by atoms with Crippen molar-refractivity contribution in [2.24, 2.45) is 5.18 Å². The predicted molar refractivity (Wildman–Crippen MR) is 124 cm³/mol. The molecule has 1 amide bonds. The van der Waals surface area contributed by atoms with Crippen molar-refractivity contribution in [3.8, 4) is 16.3 Å². The molecule has 4 rings (SSSR count). The van der Waals surface area contributed by atoms with E-state index in [4.69, 9.17) is 4.74 Å². The standard InChI is InChI=1S/C21H14IN3O3S/c1-28-15-7-9-17-19(11-15)29-21(24-17)12-2-5-14(6-3-12)23-20(26)13-4-8-16(22)18(10-13)25-27/h2-11H,1H3,(H,23,26). The van der Waals surface area contributed by atoms with Crippen LogP contribution in [0, 0.1) is 8.48 Å². The molecule has 0 unspecified atom stereocenters. The summed E-state index contributed by atoms with van der Waals surface area (Å²) in [6.07, 6.45) is 0. The molecule has 1 aromatic heterocycles. The number of rotatable bonds is 5. The maximum absolute atomic E-state index is 12.4. The number of nitroso groups, excluding NO2 is 1. The van der Waals surface area contributed by atoms with Crippen LogP contribution in [-0.2, 0) is 0 Å². The van der Waals surface area contributed by atoms with Gasteiger partial charge in [0.25, 0.3) is 5.91 Å². The monoisotopic (exact) mass is 515 g/mol. The molecule has 6 nitrogen and oxygen atoms in total. The Balaban J connectivity index is 1.53. The summed E-state index contributed by atoms with van der Waals surface area (Å²) in [4.78, 5) is 27.9. The fraction of sp³-hybridized carbons (Fsp3) is 0.0476. The lowest BCUT2D eigenvalue weighted by atomic mass is 10.1. The molecule has 3 aromatic carbocycles. The molecule has 0 bridgehead atoms. The van der Waals surface area contributed by atoms with Gasteiger partial charge in [-0.1, -0.05) is 0 Å². The minimum atomic E-state index is -0.300. The number of halogens is 1. The summed E-state index contributed by atoms with van der Waals surface area (Å²) in [5.74, 6) is 0.500. The van der Waals surface area contributed by atoms with Crippen molar-refractivity contribution in [2.45, 2.75) is 0 Å². The van der Waals surface area contributed by atoms with Crippen LogP contribution in [0.2, 0.25) is 0 Å². The summed E-state index contributed by atoms with van der Waals surface area (Å²) < 4.78 is 7.01. The zero-order valence-electron chi connectivity index (χ0n) is 15.2. The van der Waals surface area contributed by atoms with E-state index in [1.165, 1.54) is 6.07 Å². The summed E-state index contributed by atoms with van der Waals surface area (Å²) in [6, 6.07) is 18.1. The van der Waals surface area contributed by atoms with Gasteiger partial charge < -0.3 is 10.1 Å². The summed E-state index contributed by atoms with van der Waals surface area (Å²) in [7, 11) is 1.64. The molecule has 0 aliphatic rings. The molecule has 0 fully saturated rings. The smallest absolute Gasteiger partial charge is 0.255 e. The highest BCUT2D eigenvalue weighted by molar-refractivity contribution is 14.1. The Hall–Kier alpha value is -2.85. The first-order chi connectivity index (χ1) is 14.1. The Morgan fingerprint density at radius 2 is 1.90 bits per heavy atom. The predicted octanol–water partition coefficient (Wildman–Crippen LogP) is 6.23. The van der Waals surface area contributed by atoms with E-state index in [0.717, 1.165) is 26.5 Å². The number of hydrogen-bond acceptors (Lipinski definition) is 6. The third kappa shape index (κ3) is 4.13. The zero-order chi connectivity index (χ0) is 20.4. The van der Waals surface area contributed by atoms with Crippen LogP contribution in [0.1, 0.15) is 10.4 Å². The number of amides is 1. The highest BCUT2D eigenvalue weighted by Crippen LogP contribution is 2.33. The quantitative estimate of drug-likeness (QED) is 0.253. The SMILES string of the molecule is COc1ccc2nc(-c3ccc(NC(=O)c4ccc(I)c(N=O)c4)cc3)sc2c1. The van der Waals surface area contributed by atoms with E-state index < -0.39 is 0 Å². The zero-order valence-corrected chi connectivity index (χ0v) is 18.2. The van der Waals surface area contributed by atoms with Crippen molar-refractivity contribution in [1.29, 1.82) is 0 Å². The third-order valence-electron chi connectivity index (χ3n) is 4.29. The number of carbonyl (C=O) groups excluding carboxylic acids is 1. The van der Waals surface area contributed by atoms with Gasteiger partial charge in [-0.2, -0.15) is 0 Å². The Bertz CT molecular complexity index is 1220. The molecular weight excluding hydrogens is 501 g/mol. The first-order valence-corrected chi connectivity index (χ1v) is 10.5. The summed E-state index contributed by atoms with van der Waals surface area (Å²) in [6.45, 7) is 0. The average molecular weight is 515 g/mol. The number of thiazole rings is 1. The molecule has 0 saturated carbocycles. The molecule has 144 valence electrons. The van der Waals surface area contributed by atoms with Crippen LogP contribution in [-0.4, -0.2) is 18.0 Å². The minimum absolute atomic E-state index is 0.251. The Kier molecular flexibility index (Phi) is 5.54. The highest BCUT2D eigenvalue weighted by atomic mass is 127. The van der Waals surface area contributed by atoms with Crippen molar-refractivity contribution < 1.29 is 9.53 Å². The summed E-state index contributed by atoms with van der Waals surface area (Å²) in [5.41, 5.74) is 3.16. The van der Waals surface area contributed by atoms with E-state index in [-0.39, 0.29) is 11.6 Å². The van der Waals surface area contributed by atoms with Crippen molar-refractivity contribution in [3.63, 3.8) is 0 Å². The van der Waals surface area contributed by atoms with Gasteiger partial charge in [0.05, 0.1) is 17.3 Å². The van der Waals surface area contributed by atoms with Crippen molar-refractivity contribution in [2.75, 3.05) is 12.4 Å². The lowest BCUT2D eigenvalue weighted by Gasteiger charge is -2.07. The molecule has 0 aliphatic heterocycles. The minimum Gasteiger partial charge on any atom is -0.497 e. The number of hydrogen-bond donors (Lipinski definition) is 1. The number of aromatic nitrogens is 1. The van der Waals surface area contributed by atoms with Gasteiger partial charge in [0.1, 0.15) is 16.4 Å². The Morgan fingerprint density at radius 3 is 2.62 bits per heavy atom. The second kappa shape index (κ2) is 8.26. The lowest BCUT2D eigenvalue weighted by Crippen LogP contribution is -2.11. The van der Waals surface area contributed by atoms with Crippen LogP contribution in [0.25, 0.3) is 20.8 Å². The van der Waals surface area contributed by atoms with E-state index in [2.05, 4.69) is 15.5 Å². The largest absolute Gasteiger partial charge is 0.497 e. The van der Waals surface area contributed by atoms with Gasteiger partial charge in [-0.05, 0) is 88.4 Å². The number of ether oxygens (including phenoxy) is 1. The van der Waals surface area contributed by atoms with Crippen LogP contribution < -0.4 is 10.1 Å². The van der Waals surface area contributed by atoms with Gasteiger partial charge in [-0.3, -0.25) is 4.79 Å². The molecule has 1 N–H and O–H groups in total. The molecule has 0 aliphatic carbocycles. The summed E-state index contributed by atoms with van der Waals surface area (Å²) >= 11 is 3.59. The van der Waals surface area contributed by atoms with Gasteiger partial charge >= 0.3 is 0 Å². The normalized spacial score (nSPS) is 10.7. The van der Waals surface area contributed by atoms with E-state index in [9.17, 15) is 9.70 Å². The topological polar surface area (TPSA) is 80.7 Å². The van der Waals surface area contributed by atoms with Crippen LogP contribution >= 0.6 is 33.9 Å². The Labute approximate surface area is 184 Å². The molecule has 29 heavy (non-hydrogen) atoms. The fourth-order valence-electron chi connectivity index (χ4n) is 2.78. The number of nitrogens with zero attached hydrogens (tertiary/aromatic N) is 2. The second-order valence-electron chi connectivity index (χ2n) is 6.14. The first kappa shape index (κ1) is 19.5. The maximum atomic E-state index is 12.4. The van der Waals surface area contributed by atoms with Gasteiger partial charge in [-0.15, -0.1) is 16.2 Å². The first-order valence-electron chi connectivity index (χ1n) is 8.56. The molecule has 4 aromatic rings. The Morgan fingerprint density at radius 1 is 1.10 bits per heavy atom. The lowest BCUT2D eigenvalue weighted by molar-refractivity contribution is 0.102. The number of nitrogens with one attached hydrogen (secondary N) is 1. The number of anilines is 1. The highest BCUT2D eigenvalue weighted by Gasteiger charge is 2.11. The van der Waals surface area contributed by atoms with Crippen molar-refractivity contribution in [3.05, 3.63) is 74.7 Å². The van der Waals surface area contributed by atoms with Crippen molar-refractivity contribution >= 4 is 61.4 Å².